The van der Waals surface area contributed by atoms with Crippen molar-refractivity contribution in [3.63, 3.8) is 0 Å². The number of nitrogen functional groups attached to an aromatic ring is 1. The first-order valence-corrected chi connectivity index (χ1v) is 5.75. The molecule has 0 unspecified atom stereocenters. The lowest BCUT2D eigenvalue weighted by Gasteiger charge is -2.12. The monoisotopic (exact) mass is 224 g/mol. The summed E-state index contributed by atoms with van der Waals surface area (Å²) in [6, 6.07) is 0. The van der Waals surface area contributed by atoms with Crippen LogP contribution in [0.5, 0.6) is 5.88 Å². The number of rotatable bonds is 6. The summed E-state index contributed by atoms with van der Waals surface area (Å²) in [7, 11) is 0. The Bertz CT molecular complexity index is 341. The Morgan fingerprint density at radius 1 is 1.25 bits per heavy atom. The average Bonchev–Trinajstić information content (AvgIpc) is 2.30. The summed E-state index contributed by atoms with van der Waals surface area (Å²) in [4.78, 5) is 8.59. The molecule has 16 heavy (non-hydrogen) atoms. The first-order chi connectivity index (χ1) is 7.72. The molecular weight excluding hydrogens is 204 g/mol. The first kappa shape index (κ1) is 12.5. The number of aromatic nitrogens is 2. The van der Waals surface area contributed by atoms with Crippen molar-refractivity contribution in [3.05, 3.63) is 5.82 Å². The van der Waals surface area contributed by atoms with Crippen LogP contribution in [-0.2, 0) is 6.42 Å². The normalized spacial score (nSPS) is 10.2. The number of nitrogens with one attached hydrogen (secondary N) is 1. The molecule has 0 amide bonds. The molecule has 0 fully saturated rings. The van der Waals surface area contributed by atoms with Gasteiger partial charge in [-0.2, -0.15) is 4.98 Å². The molecule has 1 aromatic heterocycles. The second kappa shape index (κ2) is 6.15. The van der Waals surface area contributed by atoms with Crippen molar-refractivity contribution in [2.24, 2.45) is 0 Å². The van der Waals surface area contributed by atoms with E-state index in [0.717, 1.165) is 25.2 Å². The van der Waals surface area contributed by atoms with Gasteiger partial charge in [0.15, 0.2) is 5.82 Å². The maximum Gasteiger partial charge on any atom is 0.242 e. The van der Waals surface area contributed by atoms with E-state index in [0.29, 0.717) is 24.0 Å². The molecule has 1 heterocycles. The van der Waals surface area contributed by atoms with Crippen LogP contribution in [0, 0.1) is 0 Å². The van der Waals surface area contributed by atoms with Crippen LogP contribution in [-0.4, -0.2) is 23.1 Å². The van der Waals surface area contributed by atoms with E-state index >= 15 is 0 Å². The lowest BCUT2D eigenvalue weighted by atomic mass is 10.4. The topological polar surface area (TPSA) is 73.1 Å². The summed E-state index contributed by atoms with van der Waals surface area (Å²) >= 11 is 0. The fourth-order valence-electron chi connectivity index (χ4n) is 1.26. The highest BCUT2D eigenvalue weighted by atomic mass is 16.5. The van der Waals surface area contributed by atoms with Crippen LogP contribution in [0.15, 0.2) is 0 Å². The van der Waals surface area contributed by atoms with Gasteiger partial charge < -0.3 is 15.8 Å². The van der Waals surface area contributed by atoms with Gasteiger partial charge in [-0.25, -0.2) is 4.98 Å². The van der Waals surface area contributed by atoms with Gasteiger partial charge in [0, 0.05) is 13.0 Å². The summed E-state index contributed by atoms with van der Waals surface area (Å²) in [5.74, 6) is 1.90. The van der Waals surface area contributed by atoms with Crippen LogP contribution in [0.25, 0.3) is 0 Å². The summed E-state index contributed by atoms with van der Waals surface area (Å²) in [5, 5.41) is 3.11. The molecule has 90 valence electrons. The van der Waals surface area contributed by atoms with E-state index in [-0.39, 0.29) is 0 Å². The predicted octanol–water partition coefficient (Wildman–Crippen LogP) is 1.84. The zero-order valence-corrected chi connectivity index (χ0v) is 10.2. The van der Waals surface area contributed by atoms with E-state index in [1.807, 2.05) is 20.8 Å². The first-order valence-electron chi connectivity index (χ1n) is 5.75. The van der Waals surface area contributed by atoms with Crippen molar-refractivity contribution in [3.8, 4) is 5.88 Å². The van der Waals surface area contributed by atoms with Crippen molar-refractivity contribution in [1.29, 1.82) is 0 Å². The van der Waals surface area contributed by atoms with Crippen molar-refractivity contribution in [2.75, 3.05) is 24.2 Å². The third-order valence-electron chi connectivity index (χ3n) is 2.06. The number of anilines is 2. The molecule has 0 saturated heterocycles. The number of ether oxygens (including phenoxy) is 1. The molecule has 5 nitrogen and oxygen atoms in total. The van der Waals surface area contributed by atoms with Gasteiger partial charge in [-0.05, 0) is 13.3 Å². The number of hydrogen-bond acceptors (Lipinski definition) is 5. The minimum atomic E-state index is 0.490. The standard InChI is InChI=1S/C11H20N4O/c1-4-7-16-11-9(12)10(13-6-3)14-8(5-2)15-11/h4-7,12H2,1-3H3,(H,13,14,15). The molecule has 0 aliphatic carbocycles. The lowest BCUT2D eigenvalue weighted by Crippen LogP contribution is -2.10. The molecule has 0 aliphatic rings. The molecule has 0 spiro atoms. The summed E-state index contributed by atoms with van der Waals surface area (Å²) in [6.07, 6.45) is 1.70. The zero-order chi connectivity index (χ0) is 12.0. The maximum atomic E-state index is 5.92. The third kappa shape index (κ3) is 2.98. The maximum absolute atomic E-state index is 5.92. The number of nitrogens with zero attached hydrogens (tertiary/aromatic N) is 2. The van der Waals surface area contributed by atoms with Gasteiger partial charge in [0.2, 0.25) is 5.88 Å². The summed E-state index contributed by atoms with van der Waals surface area (Å²) < 4.78 is 5.50. The SMILES string of the molecule is CCCOc1nc(CC)nc(NCC)c1N. The Hall–Kier alpha value is -1.52. The minimum Gasteiger partial charge on any atom is -0.476 e. The molecule has 0 saturated carbocycles. The van der Waals surface area contributed by atoms with E-state index in [2.05, 4.69) is 15.3 Å². The van der Waals surface area contributed by atoms with Gasteiger partial charge in [-0.1, -0.05) is 13.8 Å². The van der Waals surface area contributed by atoms with Crippen LogP contribution in [0.3, 0.4) is 0 Å². The van der Waals surface area contributed by atoms with E-state index in [9.17, 15) is 0 Å². The number of aryl methyl sites for hydroxylation is 1. The van der Waals surface area contributed by atoms with E-state index < -0.39 is 0 Å². The van der Waals surface area contributed by atoms with Crippen LogP contribution < -0.4 is 15.8 Å². The van der Waals surface area contributed by atoms with Crippen molar-refractivity contribution in [2.45, 2.75) is 33.6 Å². The second-order valence-electron chi connectivity index (χ2n) is 3.44. The second-order valence-corrected chi connectivity index (χ2v) is 3.44. The summed E-state index contributed by atoms with van der Waals surface area (Å²) in [6.45, 7) is 7.45. The Balaban J connectivity index is 2.99. The predicted molar refractivity (Wildman–Crippen MR) is 65.8 cm³/mol. The fraction of sp³-hybridized carbons (Fsp3) is 0.636. The molecule has 0 aromatic carbocycles. The Kier molecular flexibility index (Phi) is 4.82. The van der Waals surface area contributed by atoms with E-state index in [1.165, 1.54) is 0 Å². The highest BCUT2D eigenvalue weighted by molar-refractivity contribution is 5.66. The lowest BCUT2D eigenvalue weighted by molar-refractivity contribution is 0.305. The van der Waals surface area contributed by atoms with Gasteiger partial charge >= 0.3 is 0 Å². The van der Waals surface area contributed by atoms with Crippen molar-refractivity contribution in [1.82, 2.24) is 9.97 Å². The van der Waals surface area contributed by atoms with Crippen LogP contribution >= 0.6 is 0 Å². The fourth-order valence-corrected chi connectivity index (χ4v) is 1.26. The van der Waals surface area contributed by atoms with Crippen LogP contribution in [0.4, 0.5) is 11.5 Å². The summed E-state index contributed by atoms with van der Waals surface area (Å²) in [5.41, 5.74) is 6.41. The van der Waals surface area contributed by atoms with Crippen molar-refractivity contribution < 1.29 is 4.74 Å². The average molecular weight is 224 g/mol. The molecular formula is C11H20N4O. The molecule has 5 heteroatoms. The largest absolute Gasteiger partial charge is 0.476 e. The Morgan fingerprint density at radius 2 is 2.00 bits per heavy atom. The van der Waals surface area contributed by atoms with Gasteiger partial charge in [0.1, 0.15) is 11.5 Å². The van der Waals surface area contributed by atoms with Gasteiger partial charge in [-0.3, -0.25) is 0 Å². The Morgan fingerprint density at radius 3 is 2.56 bits per heavy atom. The molecule has 0 atom stereocenters. The number of hydrogen-bond donors (Lipinski definition) is 2. The quantitative estimate of drug-likeness (QED) is 0.771. The smallest absolute Gasteiger partial charge is 0.242 e. The van der Waals surface area contributed by atoms with E-state index in [1.54, 1.807) is 0 Å². The Labute approximate surface area is 96.4 Å². The highest BCUT2D eigenvalue weighted by Gasteiger charge is 2.11. The van der Waals surface area contributed by atoms with Gasteiger partial charge in [0.05, 0.1) is 6.61 Å². The molecule has 0 aliphatic heterocycles. The minimum absolute atomic E-state index is 0.490. The van der Waals surface area contributed by atoms with E-state index in [4.69, 9.17) is 10.5 Å². The zero-order valence-electron chi connectivity index (χ0n) is 10.2. The van der Waals surface area contributed by atoms with Crippen LogP contribution in [0.1, 0.15) is 33.0 Å². The molecule has 1 aromatic rings. The van der Waals surface area contributed by atoms with Crippen LogP contribution in [0.2, 0.25) is 0 Å². The third-order valence-corrected chi connectivity index (χ3v) is 2.06. The molecule has 1 rings (SSSR count). The van der Waals surface area contributed by atoms with Gasteiger partial charge in [-0.15, -0.1) is 0 Å². The van der Waals surface area contributed by atoms with Crippen molar-refractivity contribution >= 4 is 11.5 Å². The molecule has 0 radical (unpaired) electrons. The highest BCUT2D eigenvalue weighted by Crippen LogP contribution is 2.26. The molecule has 3 N–H and O–H groups in total. The number of nitrogens with two attached hydrogens (primary N) is 1. The molecule has 0 bridgehead atoms. The van der Waals surface area contributed by atoms with Gasteiger partial charge in [0.25, 0.3) is 0 Å².